The van der Waals surface area contributed by atoms with Gasteiger partial charge in [0.2, 0.25) is 16.0 Å². The molecule has 0 aliphatic rings. The smallest absolute Gasteiger partial charge is 0.243 e. The maximum Gasteiger partial charge on any atom is 0.243 e. The molecule has 0 aliphatic carbocycles. The Bertz CT molecular complexity index is 1250. The van der Waals surface area contributed by atoms with E-state index in [1.807, 2.05) is 13.8 Å². The lowest BCUT2D eigenvalue weighted by Gasteiger charge is -2.18. The molecule has 0 spiro atoms. The number of rotatable bonds is 10. The van der Waals surface area contributed by atoms with Crippen molar-refractivity contribution in [2.45, 2.75) is 44.8 Å². The fourth-order valence-corrected chi connectivity index (χ4v) is 4.27. The van der Waals surface area contributed by atoms with Gasteiger partial charge in [-0.2, -0.15) is 0 Å². The van der Waals surface area contributed by atoms with Gasteiger partial charge in [0.25, 0.3) is 0 Å². The van der Waals surface area contributed by atoms with Crippen LogP contribution < -0.4 is 4.72 Å². The lowest BCUT2D eigenvalue weighted by molar-refractivity contribution is 0.584. The van der Waals surface area contributed by atoms with E-state index in [-0.39, 0.29) is 24.0 Å². The second-order valence-corrected chi connectivity index (χ2v) is 9.96. The van der Waals surface area contributed by atoms with Crippen LogP contribution >= 0.6 is 0 Å². The van der Waals surface area contributed by atoms with Gasteiger partial charge in [0.05, 0.1) is 10.9 Å². The van der Waals surface area contributed by atoms with Gasteiger partial charge < -0.3 is 0 Å². The summed E-state index contributed by atoms with van der Waals surface area (Å²) in [6.07, 6.45) is 7.12. The first-order valence-corrected chi connectivity index (χ1v) is 12.0. The summed E-state index contributed by atoms with van der Waals surface area (Å²) < 4.78 is 45.1. The Hall–Kier alpha value is -3.40. The molecule has 174 valence electrons. The van der Waals surface area contributed by atoms with E-state index in [1.54, 1.807) is 37.5 Å². The molecule has 10 heteroatoms. The molecule has 33 heavy (non-hydrogen) atoms. The van der Waals surface area contributed by atoms with Gasteiger partial charge in [-0.25, -0.2) is 22.8 Å². The monoisotopic (exact) mass is 470 g/mol. The molecule has 0 amide bonds. The average Bonchev–Trinajstić information content (AvgIpc) is 3.17. The molecule has 3 aromatic rings. The number of sulfonamides is 1. The molecule has 0 saturated carbocycles. The molecule has 0 bridgehead atoms. The highest BCUT2D eigenvalue weighted by Crippen LogP contribution is 2.30. The minimum atomic E-state index is -3.93. The maximum atomic E-state index is 15.0. The van der Waals surface area contributed by atoms with Crippen molar-refractivity contribution >= 4 is 22.0 Å². The van der Waals surface area contributed by atoms with Crippen LogP contribution in [0.5, 0.6) is 0 Å². The van der Waals surface area contributed by atoms with Crippen LogP contribution in [0, 0.1) is 12.7 Å². The molecule has 2 atom stereocenters. The van der Waals surface area contributed by atoms with Crippen molar-refractivity contribution < 1.29 is 12.8 Å². The number of nitrogens with zero attached hydrogens (tertiary/aromatic N) is 5. The van der Waals surface area contributed by atoms with Gasteiger partial charge >= 0.3 is 0 Å². The Kier molecular flexibility index (Phi) is 7.37. The van der Waals surface area contributed by atoms with E-state index in [0.29, 0.717) is 23.6 Å². The number of anilines is 1. The van der Waals surface area contributed by atoms with Crippen molar-refractivity contribution in [2.24, 2.45) is 0 Å². The molecule has 0 aliphatic heterocycles. The van der Waals surface area contributed by atoms with Crippen molar-refractivity contribution in [3.05, 3.63) is 78.4 Å². The third-order valence-corrected chi connectivity index (χ3v) is 6.87. The van der Waals surface area contributed by atoms with Crippen LogP contribution in [-0.2, 0) is 16.4 Å². The number of nitrogens with one attached hydrogen (secondary N) is 1. The maximum absolute atomic E-state index is 15.0. The summed E-state index contributed by atoms with van der Waals surface area (Å²) in [5, 5.41) is 7.36. The Morgan fingerprint density at radius 1 is 1.18 bits per heavy atom. The lowest BCUT2D eigenvalue weighted by atomic mass is 10.1. The number of aromatic nitrogens is 5. The number of allylic oxidation sites excluding steroid dienone is 1. The zero-order chi connectivity index (χ0) is 24.2. The van der Waals surface area contributed by atoms with Crippen molar-refractivity contribution in [3.63, 3.8) is 0 Å². The summed E-state index contributed by atoms with van der Waals surface area (Å²) >= 11 is 0. The zero-order valence-electron chi connectivity index (χ0n) is 18.9. The number of hydrogen-bond donors (Lipinski definition) is 1. The zero-order valence-corrected chi connectivity index (χ0v) is 19.7. The van der Waals surface area contributed by atoms with E-state index in [1.165, 1.54) is 16.7 Å². The van der Waals surface area contributed by atoms with Crippen LogP contribution in [0.25, 0.3) is 11.8 Å². The standard InChI is InChI=1S/C23H27FN6O2S/c1-6-9-16(4)22-27-28-23(30(22)21-18(7-2)10-8-11-19(21)24)29-33(31,32)17(5)12-20-25-13-15(3)14-26-20/h6-8,10-11,13-14,16-17H,1-2,9,12H2,3-5H3,(H,28,29)/t16-,17+/m1/s1. The largest absolute Gasteiger partial charge is 0.261 e. The molecule has 0 saturated heterocycles. The van der Waals surface area contributed by atoms with Gasteiger partial charge in [-0.3, -0.25) is 9.29 Å². The fourth-order valence-electron chi connectivity index (χ4n) is 3.31. The lowest BCUT2D eigenvalue weighted by Crippen LogP contribution is -2.29. The Morgan fingerprint density at radius 3 is 2.52 bits per heavy atom. The minimum absolute atomic E-state index is 0.0983. The van der Waals surface area contributed by atoms with Crippen molar-refractivity contribution in [3.8, 4) is 5.69 Å². The third kappa shape index (κ3) is 5.33. The molecule has 3 rings (SSSR count). The van der Waals surface area contributed by atoms with Crippen molar-refractivity contribution in [1.29, 1.82) is 0 Å². The van der Waals surface area contributed by atoms with E-state index >= 15 is 0 Å². The van der Waals surface area contributed by atoms with Crippen LogP contribution in [-0.4, -0.2) is 38.4 Å². The van der Waals surface area contributed by atoms with Crippen LogP contribution in [0.15, 0.2) is 49.8 Å². The summed E-state index contributed by atoms with van der Waals surface area (Å²) in [5.74, 6) is -0.0471. The predicted molar refractivity (Wildman–Crippen MR) is 127 cm³/mol. The molecule has 2 heterocycles. The molecule has 0 unspecified atom stereocenters. The molecule has 0 radical (unpaired) electrons. The van der Waals surface area contributed by atoms with Crippen LogP contribution in [0.1, 0.15) is 49.0 Å². The molecule has 8 nitrogen and oxygen atoms in total. The van der Waals surface area contributed by atoms with Crippen LogP contribution in [0.4, 0.5) is 10.3 Å². The summed E-state index contributed by atoms with van der Waals surface area (Å²) in [7, 11) is -3.93. The third-order valence-electron chi connectivity index (χ3n) is 5.18. The van der Waals surface area contributed by atoms with Crippen LogP contribution in [0.2, 0.25) is 0 Å². The van der Waals surface area contributed by atoms with Gasteiger partial charge in [0.15, 0.2) is 0 Å². The summed E-state index contributed by atoms with van der Waals surface area (Å²) in [6.45, 7) is 12.8. The summed E-state index contributed by atoms with van der Waals surface area (Å²) in [6, 6.07) is 4.53. The van der Waals surface area contributed by atoms with Gasteiger partial charge in [-0.15, -0.1) is 16.8 Å². The van der Waals surface area contributed by atoms with Crippen LogP contribution in [0.3, 0.4) is 0 Å². The molecule has 1 aromatic carbocycles. The quantitative estimate of drug-likeness (QED) is 0.446. The second-order valence-electron chi connectivity index (χ2n) is 7.86. The molecule has 0 fully saturated rings. The Labute approximate surface area is 193 Å². The molecule has 2 aromatic heterocycles. The van der Waals surface area contributed by atoms with E-state index in [0.717, 1.165) is 5.56 Å². The van der Waals surface area contributed by atoms with Crippen molar-refractivity contribution in [1.82, 2.24) is 24.7 Å². The Balaban J connectivity index is 2.03. The van der Waals surface area contributed by atoms with E-state index < -0.39 is 21.1 Å². The average molecular weight is 471 g/mol. The SMILES string of the molecule is C=CC[C@@H](C)c1nnc(NS(=O)(=O)[C@@H](C)Cc2ncc(C)cn2)n1-c1c(F)cccc1C=C. The number of halogens is 1. The number of aryl methyl sites for hydroxylation is 1. The first-order valence-electron chi connectivity index (χ1n) is 10.4. The van der Waals surface area contributed by atoms with E-state index in [2.05, 4.69) is 38.0 Å². The van der Waals surface area contributed by atoms with Crippen molar-refractivity contribution in [2.75, 3.05) is 4.72 Å². The number of para-hydroxylation sites is 1. The van der Waals surface area contributed by atoms with Gasteiger partial charge in [-0.1, -0.05) is 37.8 Å². The topological polar surface area (TPSA) is 103 Å². The first kappa shape index (κ1) is 24.2. The predicted octanol–water partition coefficient (Wildman–Crippen LogP) is 4.20. The van der Waals surface area contributed by atoms with Gasteiger partial charge in [-0.05, 0) is 31.9 Å². The van der Waals surface area contributed by atoms with E-state index in [9.17, 15) is 12.8 Å². The summed E-state index contributed by atoms with van der Waals surface area (Å²) in [5.41, 5.74) is 1.48. The second kappa shape index (κ2) is 10.0. The highest BCUT2D eigenvalue weighted by Gasteiger charge is 2.28. The normalized spacial score (nSPS) is 13.3. The van der Waals surface area contributed by atoms with Gasteiger partial charge in [0.1, 0.15) is 17.5 Å². The Morgan fingerprint density at radius 2 is 1.88 bits per heavy atom. The molecular formula is C23H27FN6O2S. The molecular weight excluding hydrogens is 443 g/mol. The highest BCUT2D eigenvalue weighted by atomic mass is 32.2. The highest BCUT2D eigenvalue weighted by molar-refractivity contribution is 7.93. The first-order chi connectivity index (χ1) is 15.7. The molecule has 1 N–H and O–H groups in total. The van der Waals surface area contributed by atoms with E-state index in [4.69, 9.17) is 0 Å². The fraction of sp³-hybridized carbons (Fsp3) is 0.304. The number of benzene rings is 1. The van der Waals surface area contributed by atoms with Gasteiger partial charge in [0, 0.05) is 30.3 Å². The summed E-state index contributed by atoms with van der Waals surface area (Å²) in [4.78, 5) is 8.36. The number of hydrogen-bond acceptors (Lipinski definition) is 6. The minimum Gasteiger partial charge on any atom is -0.261 e.